The lowest BCUT2D eigenvalue weighted by atomic mass is 10.2. The van der Waals surface area contributed by atoms with Crippen molar-refractivity contribution in [3.05, 3.63) is 54.2 Å². The number of hydrogen-bond donors (Lipinski definition) is 3. The molecule has 0 aliphatic heterocycles. The number of sulfonamides is 1. The lowest BCUT2D eigenvalue weighted by molar-refractivity contribution is 0.0955. The molecule has 0 atom stereocenters. The van der Waals surface area contributed by atoms with Gasteiger partial charge in [0.2, 0.25) is 0 Å². The van der Waals surface area contributed by atoms with Gasteiger partial charge in [0.25, 0.3) is 15.9 Å². The van der Waals surface area contributed by atoms with Gasteiger partial charge in [-0.05, 0) is 42.5 Å². The highest BCUT2D eigenvalue weighted by Crippen LogP contribution is 2.23. The van der Waals surface area contributed by atoms with Gasteiger partial charge >= 0.3 is 0 Å². The van der Waals surface area contributed by atoms with E-state index in [9.17, 15) is 18.3 Å². The first-order valence-corrected chi connectivity index (χ1v) is 7.95. The summed E-state index contributed by atoms with van der Waals surface area (Å²) in [5.41, 5.74) is 0.388. The monoisotopic (exact) mass is 332 g/mol. The molecule has 0 amide bonds. The van der Waals surface area contributed by atoms with E-state index >= 15 is 0 Å². The molecule has 0 bridgehead atoms. The van der Waals surface area contributed by atoms with Crippen LogP contribution in [0, 0.1) is 0 Å². The summed E-state index contributed by atoms with van der Waals surface area (Å²) in [4.78, 5) is 18.5. The smallest absolute Gasteiger partial charge is 0.269 e. The van der Waals surface area contributed by atoms with Gasteiger partial charge in [-0.1, -0.05) is 0 Å². The van der Waals surface area contributed by atoms with Crippen molar-refractivity contribution >= 4 is 27.0 Å². The highest BCUT2D eigenvalue weighted by Gasteiger charge is 2.25. The number of hydrogen-bond acceptors (Lipinski definition) is 6. The van der Waals surface area contributed by atoms with Crippen LogP contribution >= 0.6 is 0 Å². The second-order valence-corrected chi connectivity index (χ2v) is 6.37. The fourth-order valence-corrected chi connectivity index (χ4v) is 3.01. The molecule has 0 saturated carbocycles. The average Bonchev–Trinajstić information content (AvgIpc) is 2.95. The third-order valence-corrected chi connectivity index (χ3v) is 4.44. The number of aromatic hydroxyl groups is 1. The van der Waals surface area contributed by atoms with E-state index in [1.54, 1.807) is 17.0 Å². The van der Waals surface area contributed by atoms with Crippen LogP contribution in [0.1, 0.15) is 10.4 Å². The zero-order valence-electron chi connectivity index (χ0n) is 11.7. The van der Waals surface area contributed by atoms with Crippen molar-refractivity contribution in [2.24, 2.45) is 5.84 Å². The minimum Gasteiger partial charge on any atom is -0.508 e. The fraction of sp³-hybridized carbons (Fsp3) is 0. The Hall–Kier alpha value is -2.75. The number of phenolic OH excluding ortho intramolecular Hbond substituents is 1. The molecule has 1 aromatic carbocycles. The van der Waals surface area contributed by atoms with E-state index in [-0.39, 0.29) is 22.0 Å². The molecule has 0 radical (unpaired) electrons. The Kier molecular flexibility index (Phi) is 3.60. The second kappa shape index (κ2) is 5.47. The van der Waals surface area contributed by atoms with E-state index in [1.165, 1.54) is 36.5 Å². The maximum atomic E-state index is 12.7. The largest absolute Gasteiger partial charge is 0.508 e. The number of carbonyl (C=O) groups is 1. The summed E-state index contributed by atoms with van der Waals surface area (Å²) in [6.07, 6.45) is 1.45. The van der Waals surface area contributed by atoms with Crippen LogP contribution in [0.3, 0.4) is 0 Å². The van der Waals surface area contributed by atoms with Crippen molar-refractivity contribution < 1.29 is 18.3 Å². The van der Waals surface area contributed by atoms with E-state index < -0.39 is 15.9 Å². The molecule has 2 aromatic heterocycles. The Morgan fingerprint density at radius 2 is 1.91 bits per heavy atom. The number of hydrazine groups is 1. The maximum absolute atomic E-state index is 12.7. The van der Waals surface area contributed by atoms with Crippen LogP contribution in [0.25, 0.3) is 11.0 Å². The summed E-state index contributed by atoms with van der Waals surface area (Å²) in [6.45, 7) is 0. The van der Waals surface area contributed by atoms with Crippen LogP contribution < -0.4 is 10.7 Å². The summed E-state index contributed by atoms with van der Waals surface area (Å²) < 4.78 is 25.2. The Bertz CT molecular complexity index is 993. The molecule has 4 N–H and O–H groups in total. The van der Waals surface area contributed by atoms with Crippen LogP contribution in [-0.4, -0.2) is 29.0 Å². The molecule has 0 unspecified atom stereocenters. The number of rotatable bonds is 3. The normalized spacial score (nSPS) is 11.7. The minimum atomic E-state index is -4.07. The van der Waals surface area contributed by atoms with Crippen LogP contribution in [0.4, 0.5) is 0 Å². The lowest BCUT2D eigenvalue weighted by Gasteiger charge is -2.09. The molecule has 3 rings (SSSR count). The zero-order chi connectivity index (χ0) is 16.6. The van der Waals surface area contributed by atoms with Gasteiger partial charge in [0.1, 0.15) is 11.4 Å². The number of aromatic nitrogens is 2. The summed E-state index contributed by atoms with van der Waals surface area (Å²) in [7, 11) is -4.07. The van der Waals surface area contributed by atoms with Crippen molar-refractivity contribution in [2.45, 2.75) is 5.03 Å². The van der Waals surface area contributed by atoms with Crippen molar-refractivity contribution in [1.29, 1.82) is 0 Å². The summed E-state index contributed by atoms with van der Waals surface area (Å²) in [6, 6.07) is 10.0. The first-order valence-electron chi connectivity index (χ1n) is 6.46. The predicted molar refractivity (Wildman–Crippen MR) is 82.1 cm³/mol. The molecule has 0 fully saturated rings. The first-order chi connectivity index (χ1) is 10.9. The molecular formula is C14H12N4O4S. The van der Waals surface area contributed by atoms with Gasteiger partial charge in [0.15, 0.2) is 5.03 Å². The number of benzene rings is 1. The average molecular weight is 332 g/mol. The topological polar surface area (TPSA) is 127 Å². The third kappa shape index (κ3) is 2.57. The van der Waals surface area contributed by atoms with E-state index in [2.05, 4.69) is 4.98 Å². The second-order valence-electron chi connectivity index (χ2n) is 4.71. The predicted octanol–water partition coefficient (Wildman–Crippen LogP) is 0.582. The quantitative estimate of drug-likeness (QED) is 0.475. The molecule has 0 aliphatic rings. The number of fused-ring (bicyclic) bond motifs is 1. The van der Waals surface area contributed by atoms with Gasteiger partial charge in [-0.15, -0.1) is 4.83 Å². The first kappa shape index (κ1) is 15.2. The van der Waals surface area contributed by atoms with Gasteiger partial charge in [0.05, 0.1) is 0 Å². The summed E-state index contributed by atoms with van der Waals surface area (Å²) >= 11 is 0. The van der Waals surface area contributed by atoms with Crippen LogP contribution in [0.2, 0.25) is 0 Å². The molecule has 23 heavy (non-hydrogen) atoms. The molecule has 8 nitrogen and oxygen atoms in total. The summed E-state index contributed by atoms with van der Waals surface area (Å²) in [5.74, 6) is 4.46. The molecular weight excluding hydrogens is 320 g/mol. The number of carbonyl (C=O) groups excluding carboxylic acids is 1. The molecule has 2 heterocycles. The number of nitrogens with one attached hydrogen (secondary N) is 1. The molecule has 3 aromatic rings. The molecule has 118 valence electrons. The summed E-state index contributed by atoms with van der Waals surface area (Å²) in [5, 5.41) is 9.48. The van der Waals surface area contributed by atoms with Crippen molar-refractivity contribution in [1.82, 2.24) is 14.4 Å². The van der Waals surface area contributed by atoms with Crippen LogP contribution in [0.15, 0.2) is 53.7 Å². The Balaban J connectivity index is 2.28. The van der Waals surface area contributed by atoms with Gasteiger partial charge in [0, 0.05) is 17.1 Å². The fourth-order valence-electron chi connectivity index (χ4n) is 2.20. The minimum absolute atomic E-state index is 0.00601. The Labute approximate surface area is 131 Å². The van der Waals surface area contributed by atoms with Crippen LogP contribution in [0.5, 0.6) is 5.75 Å². The van der Waals surface area contributed by atoms with Crippen molar-refractivity contribution in [3.8, 4) is 5.75 Å². The maximum Gasteiger partial charge on any atom is 0.269 e. The third-order valence-electron chi connectivity index (χ3n) is 3.28. The van der Waals surface area contributed by atoms with Gasteiger partial charge < -0.3 is 5.11 Å². The van der Waals surface area contributed by atoms with Gasteiger partial charge in [-0.3, -0.25) is 10.6 Å². The Morgan fingerprint density at radius 3 is 2.57 bits per heavy atom. The van der Waals surface area contributed by atoms with Gasteiger partial charge in [-0.2, -0.15) is 0 Å². The van der Waals surface area contributed by atoms with Crippen LogP contribution in [-0.2, 0) is 10.0 Å². The number of phenols is 1. The van der Waals surface area contributed by atoms with Crippen molar-refractivity contribution in [3.63, 3.8) is 0 Å². The van der Waals surface area contributed by atoms with E-state index in [0.29, 0.717) is 5.39 Å². The highest BCUT2D eigenvalue weighted by molar-refractivity contribution is 7.89. The SMILES string of the molecule is NNS(=O)(=O)c1cc2cccnc2n1C(=O)c1ccc(O)cc1. The van der Waals surface area contributed by atoms with Crippen molar-refractivity contribution in [2.75, 3.05) is 0 Å². The van der Waals surface area contributed by atoms with Gasteiger partial charge in [-0.25, -0.2) is 18.0 Å². The zero-order valence-corrected chi connectivity index (χ0v) is 12.5. The lowest BCUT2D eigenvalue weighted by Crippen LogP contribution is -2.33. The van der Waals surface area contributed by atoms with E-state index in [1.807, 2.05) is 0 Å². The molecule has 9 heteroatoms. The number of pyridine rings is 1. The van der Waals surface area contributed by atoms with E-state index in [4.69, 9.17) is 5.84 Å². The molecule has 0 aliphatic carbocycles. The molecule has 0 spiro atoms. The highest BCUT2D eigenvalue weighted by atomic mass is 32.2. The van der Waals surface area contributed by atoms with E-state index in [0.717, 1.165) is 4.57 Å². The number of nitrogens with zero attached hydrogens (tertiary/aromatic N) is 2. The molecule has 0 saturated heterocycles. The Morgan fingerprint density at radius 1 is 1.22 bits per heavy atom. The standard InChI is InChI=1S/C14H12N4O4S/c15-17-23(21,22)12-8-10-2-1-7-16-13(10)18(12)14(20)9-3-5-11(19)6-4-9/h1-8,17,19H,15H2. The number of nitrogens with two attached hydrogens (primary N) is 1.